The maximum Gasteiger partial charge on any atom is 0.278 e. The zero-order valence-corrected chi connectivity index (χ0v) is 12.3. The lowest BCUT2D eigenvalue weighted by Gasteiger charge is -2.07. The second-order valence-corrected chi connectivity index (χ2v) is 5.02. The lowest BCUT2D eigenvalue weighted by molar-refractivity contribution is -0.504. The molecule has 0 saturated carbocycles. The molecular formula is C18H17NO3. The SMILES string of the molecule is C/C(=C\CC(C(=O)c1ccccc1)[N+](=O)[O-])c1ccccc1. The van der Waals surface area contributed by atoms with Crippen LogP contribution in [0.15, 0.2) is 66.7 Å². The van der Waals surface area contributed by atoms with Crippen LogP contribution in [0.2, 0.25) is 0 Å². The van der Waals surface area contributed by atoms with E-state index < -0.39 is 16.7 Å². The van der Waals surface area contributed by atoms with Gasteiger partial charge in [0, 0.05) is 16.9 Å². The van der Waals surface area contributed by atoms with E-state index in [4.69, 9.17) is 0 Å². The van der Waals surface area contributed by atoms with Crippen molar-refractivity contribution in [1.29, 1.82) is 0 Å². The highest BCUT2D eigenvalue weighted by Crippen LogP contribution is 2.16. The summed E-state index contributed by atoms with van der Waals surface area (Å²) in [7, 11) is 0. The van der Waals surface area contributed by atoms with Crippen molar-refractivity contribution in [3.8, 4) is 0 Å². The summed E-state index contributed by atoms with van der Waals surface area (Å²) < 4.78 is 0. The van der Waals surface area contributed by atoms with E-state index in [1.165, 1.54) is 0 Å². The Kier molecular flexibility index (Phi) is 5.20. The molecule has 2 aromatic rings. The molecule has 1 atom stereocenters. The van der Waals surface area contributed by atoms with Gasteiger partial charge < -0.3 is 0 Å². The molecule has 0 saturated heterocycles. The van der Waals surface area contributed by atoms with Gasteiger partial charge in [-0.25, -0.2) is 0 Å². The molecule has 0 aliphatic carbocycles. The molecule has 4 heteroatoms. The molecule has 0 heterocycles. The smallest absolute Gasteiger partial charge is 0.278 e. The third-order valence-corrected chi connectivity index (χ3v) is 3.49. The minimum atomic E-state index is -1.25. The van der Waals surface area contributed by atoms with Gasteiger partial charge in [0.05, 0.1) is 0 Å². The first-order valence-electron chi connectivity index (χ1n) is 7.04. The van der Waals surface area contributed by atoms with Crippen molar-refractivity contribution < 1.29 is 9.72 Å². The molecule has 4 nitrogen and oxygen atoms in total. The molecule has 22 heavy (non-hydrogen) atoms. The fourth-order valence-electron chi connectivity index (χ4n) is 2.19. The second kappa shape index (κ2) is 7.31. The normalized spacial score (nSPS) is 12.7. The number of benzene rings is 2. The quantitative estimate of drug-likeness (QED) is 0.459. The highest BCUT2D eigenvalue weighted by atomic mass is 16.6. The number of ketones is 1. The van der Waals surface area contributed by atoms with Crippen LogP contribution in [0.3, 0.4) is 0 Å². The first-order valence-corrected chi connectivity index (χ1v) is 7.04. The van der Waals surface area contributed by atoms with Gasteiger partial charge in [-0.3, -0.25) is 14.9 Å². The van der Waals surface area contributed by atoms with Crippen molar-refractivity contribution >= 4 is 11.4 Å². The van der Waals surface area contributed by atoms with Crippen LogP contribution >= 0.6 is 0 Å². The van der Waals surface area contributed by atoms with Gasteiger partial charge in [-0.1, -0.05) is 66.7 Å². The standard InChI is InChI=1S/C18H17NO3/c1-14(15-8-4-2-5-9-15)12-13-17(19(21)22)18(20)16-10-6-3-7-11-16/h2-12,17H,13H2,1H3/b14-12+. The Labute approximate surface area is 129 Å². The van der Waals surface area contributed by atoms with Crippen LogP contribution in [0.1, 0.15) is 29.3 Å². The van der Waals surface area contributed by atoms with Crippen LogP contribution in [0.25, 0.3) is 5.57 Å². The lowest BCUT2D eigenvalue weighted by atomic mass is 9.99. The van der Waals surface area contributed by atoms with E-state index in [0.29, 0.717) is 5.56 Å². The van der Waals surface area contributed by atoms with Crippen LogP contribution in [0.5, 0.6) is 0 Å². The number of carbonyl (C=O) groups excluding carboxylic acids is 1. The maximum atomic E-state index is 12.3. The molecule has 1 unspecified atom stereocenters. The minimum absolute atomic E-state index is 0.0848. The number of nitrogens with zero attached hydrogens (tertiary/aromatic N) is 1. The number of nitro groups is 1. The lowest BCUT2D eigenvalue weighted by Crippen LogP contribution is -2.29. The van der Waals surface area contributed by atoms with E-state index in [2.05, 4.69) is 0 Å². The average molecular weight is 295 g/mol. The van der Waals surface area contributed by atoms with Crippen molar-refractivity contribution in [2.24, 2.45) is 0 Å². The molecule has 0 spiro atoms. The van der Waals surface area contributed by atoms with E-state index >= 15 is 0 Å². The highest BCUT2D eigenvalue weighted by molar-refractivity contribution is 5.99. The summed E-state index contributed by atoms with van der Waals surface area (Å²) in [6, 6.07) is 16.7. The molecule has 2 aromatic carbocycles. The van der Waals surface area contributed by atoms with Crippen LogP contribution in [0.4, 0.5) is 0 Å². The molecule has 0 radical (unpaired) electrons. The summed E-state index contributed by atoms with van der Waals surface area (Å²) >= 11 is 0. The summed E-state index contributed by atoms with van der Waals surface area (Å²) in [5.41, 5.74) is 2.29. The van der Waals surface area contributed by atoms with Crippen LogP contribution in [-0.2, 0) is 0 Å². The fraction of sp³-hybridized carbons (Fsp3) is 0.167. The molecule has 2 rings (SSSR count). The van der Waals surface area contributed by atoms with Crippen molar-refractivity contribution in [2.75, 3.05) is 0 Å². The summed E-state index contributed by atoms with van der Waals surface area (Å²) in [4.78, 5) is 23.0. The number of carbonyl (C=O) groups is 1. The van der Waals surface area contributed by atoms with Crippen molar-refractivity contribution in [3.05, 3.63) is 88.0 Å². The number of hydrogen-bond donors (Lipinski definition) is 0. The van der Waals surface area contributed by atoms with Crippen LogP contribution in [0, 0.1) is 10.1 Å². The van der Waals surface area contributed by atoms with Crippen LogP contribution < -0.4 is 0 Å². The first-order chi connectivity index (χ1) is 10.6. The third-order valence-electron chi connectivity index (χ3n) is 3.49. The first kappa shape index (κ1) is 15.6. The number of allylic oxidation sites excluding steroid dienone is 1. The van der Waals surface area contributed by atoms with E-state index in [0.717, 1.165) is 11.1 Å². The largest absolute Gasteiger partial charge is 0.286 e. The Bertz CT molecular complexity index is 678. The van der Waals surface area contributed by atoms with Gasteiger partial charge in [0.15, 0.2) is 0 Å². The maximum absolute atomic E-state index is 12.3. The summed E-state index contributed by atoms with van der Waals surface area (Å²) in [5.74, 6) is -0.456. The van der Waals surface area contributed by atoms with Gasteiger partial charge in [-0.15, -0.1) is 0 Å². The molecule has 0 aromatic heterocycles. The average Bonchev–Trinajstić information content (AvgIpc) is 2.56. The van der Waals surface area contributed by atoms with Crippen molar-refractivity contribution in [3.63, 3.8) is 0 Å². The van der Waals surface area contributed by atoms with E-state index in [-0.39, 0.29) is 6.42 Å². The summed E-state index contributed by atoms with van der Waals surface area (Å²) in [6.07, 6.45) is 1.84. The summed E-state index contributed by atoms with van der Waals surface area (Å²) in [5, 5.41) is 11.2. The Hall–Kier alpha value is -2.75. The predicted molar refractivity (Wildman–Crippen MR) is 86.3 cm³/mol. The van der Waals surface area contributed by atoms with Gasteiger partial charge in [-0.2, -0.15) is 0 Å². The molecule has 112 valence electrons. The summed E-state index contributed by atoms with van der Waals surface area (Å²) in [6.45, 7) is 1.89. The monoisotopic (exact) mass is 295 g/mol. The van der Waals surface area contributed by atoms with E-state index in [1.807, 2.05) is 37.3 Å². The number of Topliss-reactive ketones (excluding diaryl/α,β-unsaturated/α-hetero) is 1. The van der Waals surface area contributed by atoms with Gasteiger partial charge in [0.25, 0.3) is 6.04 Å². The zero-order chi connectivity index (χ0) is 15.9. The molecule has 0 aliphatic heterocycles. The molecule has 0 fully saturated rings. The Balaban J connectivity index is 2.16. The number of hydrogen-bond acceptors (Lipinski definition) is 3. The third kappa shape index (κ3) is 3.88. The van der Waals surface area contributed by atoms with Crippen molar-refractivity contribution in [2.45, 2.75) is 19.4 Å². The number of rotatable bonds is 6. The minimum Gasteiger partial charge on any atom is -0.286 e. The Morgan fingerprint density at radius 1 is 1.05 bits per heavy atom. The van der Waals surface area contributed by atoms with E-state index in [9.17, 15) is 14.9 Å². The topological polar surface area (TPSA) is 60.2 Å². The van der Waals surface area contributed by atoms with Gasteiger partial charge in [0.1, 0.15) is 0 Å². The highest BCUT2D eigenvalue weighted by Gasteiger charge is 2.29. The predicted octanol–water partition coefficient (Wildman–Crippen LogP) is 4.01. The van der Waals surface area contributed by atoms with E-state index in [1.54, 1.807) is 36.4 Å². The van der Waals surface area contributed by atoms with Crippen molar-refractivity contribution in [1.82, 2.24) is 0 Å². The van der Waals surface area contributed by atoms with Gasteiger partial charge in [0.2, 0.25) is 5.78 Å². The van der Waals surface area contributed by atoms with Gasteiger partial charge >= 0.3 is 0 Å². The fourth-order valence-corrected chi connectivity index (χ4v) is 2.19. The second-order valence-electron chi connectivity index (χ2n) is 5.02. The molecule has 0 N–H and O–H groups in total. The van der Waals surface area contributed by atoms with Gasteiger partial charge in [-0.05, 0) is 18.1 Å². The zero-order valence-electron chi connectivity index (χ0n) is 12.3. The van der Waals surface area contributed by atoms with Crippen LogP contribution in [-0.4, -0.2) is 16.7 Å². The molecular weight excluding hydrogens is 278 g/mol. The molecule has 0 amide bonds. The Morgan fingerprint density at radius 3 is 2.05 bits per heavy atom. The Morgan fingerprint density at radius 2 is 1.55 bits per heavy atom. The molecule has 0 aliphatic rings. The molecule has 0 bridgehead atoms.